The van der Waals surface area contributed by atoms with Crippen LogP contribution < -0.4 is 10.1 Å². The lowest BCUT2D eigenvalue weighted by molar-refractivity contribution is -0.137. The Morgan fingerprint density at radius 1 is 0.844 bits per heavy atom. The molecule has 0 bridgehead atoms. The van der Waals surface area contributed by atoms with Gasteiger partial charge in [-0.3, -0.25) is 4.90 Å². The second kappa shape index (κ2) is 9.94. The highest BCUT2D eigenvalue weighted by Gasteiger charge is 2.35. The highest BCUT2D eigenvalue weighted by Crippen LogP contribution is 2.39. The molecule has 1 unspecified atom stereocenters. The monoisotopic (exact) mass is 460 g/mol. The molecule has 1 atom stereocenters. The van der Waals surface area contributed by atoms with Crippen molar-refractivity contribution in [3.63, 3.8) is 0 Å². The van der Waals surface area contributed by atoms with Crippen LogP contribution in [-0.4, -0.2) is 31.1 Å². The predicted octanol–water partition coefficient (Wildman–Crippen LogP) is 6.54. The topological polar surface area (TPSA) is 24.5 Å². The lowest BCUT2D eigenvalue weighted by Gasteiger charge is -2.32. The molecule has 1 fully saturated rings. The fraction of sp³-hybridized carbons (Fsp3) is 0.280. The molecule has 1 aliphatic heterocycles. The predicted molar refractivity (Wildman–Crippen MR) is 120 cm³/mol. The summed E-state index contributed by atoms with van der Waals surface area (Å²) in [6.45, 7) is 3.15. The molecule has 3 aromatic carbocycles. The SMILES string of the molecule is FC(F)(F)c1cc(C(c2cccc(Oc3ccccc3)c2)N2CCCNCC2)ccc1Cl. The number of hydrogen-bond donors (Lipinski definition) is 1. The number of ether oxygens (including phenoxy) is 1. The summed E-state index contributed by atoms with van der Waals surface area (Å²) in [6.07, 6.45) is -3.60. The van der Waals surface area contributed by atoms with Gasteiger partial charge < -0.3 is 10.1 Å². The second-order valence-corrected chi connectivity index (χ2v) is 8.17. The minimum atomic E-state index is -4.52. The van der Waals surface area contributed by atoms with E-state index in [1.807, 2.05) is 54.6 Å². The maximum absolute atomic E-state index is 13.6. The maximum Gasteiger partial charge on any atom is 0.417 e. The molecule has 0 amide bonds. The third-order valence-electron chi connectivity index (χ3n) is 5.50. The highest BCUT2D eigenvalue weighted by atomic mass is 35.5. The van der Waals surface area contributed by atoms with Crippen LogP contribution in [0.25, 0.3) is 0 Å². The lowest BCUT2D eigenvalue weighted by atomic mass is 9.95. The van der Waals surface area contributed by atoms with Gasteiger partial charge in [0.15, 0.2) is 0 Å². The van der Waals surface area contributed by atoms with E-state index in [2.05, 4.69) is 10.2 Å². The summed E-state index contributed by atoms with van der Waals surface area (Å²) in [5.74, 6) is 1.34. The number of hydrogen-bond acceptors (Lipinski definition) is 3. The van der Waals surface area contributed by atoms with E-state index >= 15 is 0 Å². The summed E-state index contributed by atoms with van der Waals surface area (Å²) >= 11 is 5.90. The van der Waals surface area contributed by atoms with Crippen LogP contribution in [0.3, 0.4) is 0 Å². The number of alkyl halides is 3. The van der Waals surface area contributed by atoms with Crippen LogP contribution in [0.15, 0.2) is 72.8 Å². The Morgan fingerprint density at radius 2 is 1.59 bits per heavy atom. The van der Waals surface area contributed by atoms with Crippen molar-refractivity contribution in [3.8, 4) is 11.5 Å². The van der Waals surface area contributed by atoms with Crippen LogP contribution in [0.4, 0.5) is 13.2 Å². The summed E-state index contributed by atoms with van der Waals surface area (Å²) in [5.41, 5.74) is 0.613. The molecule has 3 nitrogen and oxygen atoms in total. The van der Waals surface area contributed by atoms with Crippen molar-refractivity contribution in [3.05, 3.63) is 94.5 Å². The molecule has 3 aromatic rings. The Bertz CT molecular complexity index is 1030. The number of nitrogens with one attached hydrogen (secondary N) is 1. The smallest absolute Gasteiger partial charge is 0.417 e. The van der Waals surface area contributed by atoms with Gasteiger partial charge in [0.25, 0.3) is 0 Å². The normalized spacial score (nSPS) is 16.4. The molecule has 168 valence electrons. The average Bonchev–Trinajstić information content (AvgIpc) is 3.05. The first kappa shape index (κ1) is 22.6. The number of halogens is 4. The first-order valence-corrected chi connectivity index (χ1v) is 10.9. The van der Waals surface area contributed by atoms with E-state index in [4.69, 9.17) is 16.3 Å². The minimum Gasteiger partial charge on any atom is -0.457 e. The third kappa shape index (κ3) is 5.44. The molecule has 4 rings (SSSR count). The second-order valence-electron chi connectivity index (χ2n) is 7.77. The highest BCUT2D eigenvalue weighted by molar-refractivity contribution is 6.31. The van der Waals surface area contributed by atoms with Gasteiger partial charge in [0.1, 0.15) is 11.5 Å². The Hall–Kier alpha value is -2.54. The third-order valence-corrected chi connectivity index (χ3v) is 5.83. The van der Waals surface area contributed by atoms with Crippen molar-refractivity contribution in [2.45, 2.75) is 18.6 Å². The van der Waals surface area contributed by atoms with Crippen molar-refractivity contribution in [2.24, 2.45) is 0 Å². The molecule has 0 aromatic heterocycles. The van der Waals surface area contributed by atoms with Crippen LogP contribution in [0.1, 0.15) is 29.2 Å². The van der Waals surface area contributed by atoms with Crippen LogP contribution in [0, 0.1) is 0 Å². The van der Waals surface area contributed by atoms with E-state index in [1.54, 1.807) is 6.07 Å². The van der Waals surface area contributed by atoms with Crippen LogP contribution in [0.5, 0.6) is 11.5 Å². The van der Waals surface area contributed by atoms with Crippen LogP contribution in [-0.2, 0) is 6.18 Å². The average molecular weight is 461 g/mol. The molecule has 32 heavy (non-hydrogen) atoms. The fourth-order valence-electron chi connectivity index (χ4n) is 4.04. The van der Waals surface area contributed by atoms with Crippen molar-refractivity contribution >= 4 is 11.6 Å². The summed E-state index contributed by atoms with van der Waals surface area (Å²) in [7, 11) is 0. The largest absolute Gasteiger partial charge is 0.457 e. The van der Waals surface area contributed by atoms with Crippen molar-refractivity contribution in [2.75, 3.05) is 26.2 Å². The first-order chi connectivity index (χ1) is 15.4. The van der Waals surface area contributed by atoms with Gasteiger partial charge in [-0.15, -0.1) is 0 Å². The van der Waals surface area contributed by atoms with Gasteiger partial charge in [0, 0.05) is 19.6 Å². The number of para-hydroxylation sites is 1. The number of nitrogens with zero attached hydrogens (tertiary/aromatic N) is 1. The Kier molecular flexibility index (Phi) is 7.04. The van der Waals surface area contributed by atoms with E-state index in [-0.39, 0.29) is 11.1 Å². The molecular formula is C25H24ClF3N2O. The van der Waals surface area contributed by atoms with Gasteiger partial charge in [0.05, 0.1) is 16.6 Å². The molecule has 1 heterocycles. The van der Waals surface area contributed by atoms with E-state index in [0.717, 1.165) is 38.2 Å². The Balaban J connectivity index is 1.75. The molecule has 1 saturated heterocycles. The molecule has 0 saturated carbocycles. The first-order valence-electron chi connectivity index (χ1n) is 10.6. The van der Waals surface area contributed by atoms with Crippen molar-refractivity contribution < 1.29 is 17.9 Å². The van der Waals surface area contributed by atoms with Gasteiger partial charge >= 0.3 is 6.18 Å². The molecule has 1 aliphatic rings. The van der Waals surface area contributed by atoms with E-state index in [1.165, 1.54) is 12.1 Å². The summed E-state index contributed by atoms with van der Waals surface area (Å²) in [5, 5.41) is 3.06. The van der Waals surface area contributed by atoms with Gasteiger partial charge in [-0.05, 0) is 60.5 Å². The molecule has 0 radical (unpaired) electrons. The zero-order chi connectivity index (χ0) is 22.6. The molecule has 1 N–H and O–H groups in total. The molecule has 0 spiro atoms. The standard InChI is InChI=1S/C25H24ClF3N2O/c26-23-11-10-19(17-22(23)25(27,28)29)24(31-14-5-12-30-13-15-31)18-6-4-9-21(16-18)32-20-7-2-1-3-8-20/h1-4,6-11,16-17,24,30H,5,12-15H2. The number of rotatable bonds is 5. The summed E-state index contributed by atoms with van der Waals surface area (Å²) < 4.78 is 46.7. The summed E-state index contributed by atoms with van der Waals surface area (Å²) in [6, 6.07) is 20.8. The molecule has 0 aliphatic carbocycles. The quantitative estimate of drug-likeness (QED) is 0.468. The van der Waals surface area contributed by atoms with Gasteiger partial charge in [-0.1, -0.05) is 48.0 Å². The van der Waals surface area contributed by atoms with E-state index in [0.29, 0.717) is 17.1 Å². The van der Waals surface area contributed by atoms with E-state index < -0.39 is 11.7 Å². The maximum atomic E-state index is 13.6. The van der Waals surface area contributed by atoms with E-state index in [9.17, 15) is 13.2 Å². The summed E-state index contributed by atoms with van der Waals surface area (Å²) in [4.78, 5) is 2.21. The van der Waals surface area contributed by atoms with Crippen LogP contribution >= 0.6 is 11.6 Å². The fourth-order valence-corrected chi connectivity index (χ4v) is 4.27. The van der Waals surface area contributed by atoms with Gasteiger partial charge in [0.2, 0.25) is 0 Å². The van der Waals surface area contributed by atoms with Gasteiger partial charge in [-0.25, -0.2) is 0 Å². The molecular weight excluding hydrogens is 437 g/mol. The number of benzene rings is 3. The van der Waals surface area contributed by atoms with Crippen molar-refractivity contribution in [1.82, 2.24) is 10.2 Å². The van der Waals surface area contributed by atoms with Crippen molar-refractivity contribution in [1.29, 1.82) is 0 Å². The Morgan fingerprint density at radius 3 is 2.38 bits per heavy atom. The molecule has 7 heteroatoms. The lowest BCUT2D eigenvalue weighted by Crippen LogP contribution is -2.33. The van der Waals surface area contributed by atoms with Crippen LogP contribution in [0.2, 0.25) is 5.02 Å². The zero-order valence-corrected chi connectivity index (χ0v) is 18.2. The minimum absolute atomic E-state index is 0.293. The van der Waals surface area contributed by atoms with Gasteiger partial charge in [-0.2, -0.15) is 13.2 Å². The Labute approximate surface area is 190 Å². The zero-order valence-electron chi connectivity index (χ0n) is 17.4.